The summed E-state index contributed by atoms with van der Waals surface area (Å²) in [6.07, 6.45) is -4.28. The molecule has 0 aliphatic carbocycles. The van der Waals surface area contributed by atoms with E-state index in [-0.39, 0.29) is 17.0 Å². The van der Waals surface area contributed by atoms with E-state index in [0.29, 0.717) is 0 Å². The molecule has 2 heterocycles. The molecule has 0 saturated carbocycles. The average molecular weight is 351 g/mol. The molecule has 0 unspecified atom stereocenters. The highest BCUT2D eigenvalue weighted by molar-refractivity contribution is 8.93. The quantitative estimate of drug-likeness (QED) is 0.760. The van der Waals surface area contributed by atoms with Crippen LogP contribution in [0.25, 0.3) is 5.70 Å². The van der Waals surface area contributed by atoms with Gasteiger partial charge in [-0.25, -0.2) is 0 Å². The van der Waals surface area contributed by atoms with Crippen molar-refractivity contribution in [2.45, 2.75) is 6.18 Å². The zero-order valence-electron chi connectivity index (χ0n) is 9.65. The number of fused-ring (bicyclic) bond motifs is 1. The van der Waals surface area contributed by atoms with E-state index >= 15 is 0 Å². The number of amidine groups is 1. The summed E-state index contributed by atoms with van der Waals surface area (Å²) in [5, 5.41) is 2.87. The van der Waals surface area contributed by atoms with Crippen molar-refractivity contribution >= 4 is 39.6 Å². The minimum Gasteiger partial charge on any atom is -0.318 e. The van der Waals surface area contributed by atoms with Crippen molar-refractivity contribution < 1.29 is 13.2 Å². The highest BCUT2D eigenvalue weighted by Crippen LogP contribution is 2.36. The van der Waals surface area contributed by atoms with Crippen molar-refractivity contribution in [2.75, 3.05) is 13.1 Å². The summed E-state index contributed by atoms with van der Waals surface area (Å²) < 4.78 is 37.4. The lowest BCUT2D eigenvalue weighted by atomic mass is 10.1. The van der Waals surface area contributed by atoms with Gasteiger partial charge in [0.15, 0.2) is 5.17 Å². The summed E-state index contributed by atoms with van der Waals surface area (Å²) in [5.41, 5.74) is 1.11. The summed E-state index contributed by atoms with van der Waals surface area (Å²) in [6, 6.07) is 5.26. The van der Waals surface area contributed by atoms with E-state index in [0.717, 1.165) is 41.7 Å². The fourth-order valence-electron chi connectivity index (χ4n) is 1.98. The lowest BCUT2D eigenvalue weighted by molar-refractivity contribution is -0.137. The van der Waals surface area contributed by atoms with E-state index in [1.165, 1.54) is 23.9 Å². The van der Waals surface area contributed by atoms with Gasteiger partial charge in [-0.15, -0.1) is 17.0 Å². The van der Waals surface area contributed by atoms with E-state index in [9.17, 15) is 13.2 Å². The summed E-state index contributed by atoms with van der Waals surface area (Å²) in [4.78, 5) is 6.34. The van der Waals surface area contributed by atoms with Crippen LogP contribution in [0.3, 0.4) is 0 Å². The fourth-order valence-corrected chi connectivity index (χ4v) is 2.94. The largest absolute Gasteiger partial charge is 0.416 e. The third kappa shape index (κ3) is 2.67. The number of nitrogens with zero attached hydrogens (tertiary/aromatic N) is 2. The molecule has 0 N–H and O–H groups in total. The molecule has 0 aromatic heterocycles. The Balaban J connectivity index is 0.00000133. The average Bonchev–Trinajstić information content (AvgIpc) is 2.89. The van der Waals surface area contributed by atoms with Gasteiger partial charge >= 0.3 is 6.18 Å². The molecule has 2 aliphatic heterocycles. The smallest absolute Gasteiger partial charge is 0.318 e. The molecule has 0 fully saturated rings. The predicted octanol–water partition coefficient (Wildman–Crippen LogP) is 4.00. The summed E-state index contributed by atoms with van der Waals surface area (Å²) in [5.74, 6) is 0. The predicted molar refractivity (Wildman–Crippen MR) is 76.3 cm³/mol. The van der Waals surface area contributed by atoms with Gasteiger partial charge in [0, 0.05) is 12.0 Å². The molecule has 3 rings (SSSR count). The SMILES string of the molecule is Br.FC(F)(F)c1ccc(C2=CSC3=NCCN23)cc1. The zero-order chi connectivity index (χ0) is 12.8. The number of hydrogen-bond donors (Lipinski definition) is 0. The first-order valence-electron chi connectivity index (χ1n) is 5.42. The molecular formula is C12H10BrF3N2S. The van der Waals surface area contributed by atoms with E-state index in [1.54, 1.807) is 0 Å². The maximum atomic E-state index is 12.5. The Labute approximate surface area is 123 Å². The van der Waals surface area contributed by atoms with Gasteiger partial charge in [0.05, 0.1) is 17.8 Å². The molecule has 0 atom stereocenters. The Morgan fingerprint density at radius 3 is 2.47 bits per heavy atom. The molecule has 2 aliphatic rings. The molecule has 1 aromatic rings. The van der Waals surface area contributed by atoms with Crippen molar-refractivity contribution in [3.05, 3.63) is 40.8 Å². The van der Waals surface area contributed by atoms with Gasteiger partial charge in [-0.1, -0.05) is 23.9 Å². The molecular weight excluding hydrogens is 341 g/mol. The molecule has 7 heteroatoms. The van der Waals surface area contributed by atoms with Crippen LogP contribution in [-0.2, 0) is 6.18 Å². The van der Waals surface area contributed by atoms with Crippen LogP contribution in [0.15, 0.2) is 34.7 Å². The second kappa shape index (κ2) is 5.20. The third-order valence-electron chi connectivity index (χ3n) is 2.88. The summed E-state index contributed by atoms with van der Waals surface area (Å²) >= 11 is 1.52. The normalized spacial score (nSPS) is 17.7. The van der Waals surface area contributed by atoms with Gasteiger partial charge in [0.2, 0.25) is 0 Å². The lowest BCUT2D eigenvalue weighted by Gasteiger charge is -2.17. The number of halogens is 4. The highest BCUT2D eigenvalue weighted by Gasteiger charge is 2.31. The maximum absolute atomic E-state index is 12.5. The van der Waals surface area contributed by atoms with Crippen molar-refractivity contribution in [3.63, 3.8) is 0 Å². The molecule has 0 amide bonds. The Bertz CT molecular complexity index is 537. The van der Waals surface area contributed by atoms with Crippen LogP contribution in [0, 0.1) is 0 Å². The fraction of sp³-hybridized carbons (Fsp3) is 0.250. The van der Waals surface area contributed by atoms with Crippen LogP contribution in [0.4, 0.5) is 13.2 Å². The van der Waals surface area contributed by atoms with Crippen LogP contribution in [0.5, 0.6) is 0 Å². The van der Waals surface area contributed by atoms with E-state index in [4.69, 9.17) is 0 Å². The van der Waals surface area contributed by atoms with Gasteiger partial charge in [-0.2, -0.15) is 13.2 Å². The van der Waals surface area contributed by atoms with Gasteiger partial charge in [0.1, 0.15) is 0 Å². The van der Waals surface area contributed by atoms with Crippen LogP contribution in [0.1, 0.15) is 11.1 Å². The first kappa shape index (κ1) is 14.5. The van der Waals surface area contributed by atoms with Crippen molar-refractivity contribution in [2.24, 2.45) is 4.99 Å². The molecule has 1 aromatic carbocycles. The first-order valence-corrected chi connectivity index (χ1v) is 6.30. The Hall–Kier alpha value is -0.950. The molecule has 0 saturated heterocycles. The topological polar surface area (TPSA) is 15.6 Å². The van der Waals surface area contributed by atoms with Crippen molar-refractivity contribution in [1.82, 2.24) is 4.90 Å². The number of benzene rings is 1. The van der Waals surface area contributed by atoms with Crippen molar-refractivity contribution in [3.8, 4) is 0 Å². The molecule has 2 nitrogen and oxygen atoms in total. The Kier molecular flexibility index (Phi) is 3.96. The van der Waals surface area contributed by atoms with Gasteiger partial charge < -0.3 is 4.90 Å². The van der Waals surface area contributed by atoms with Gasteiger partial charge in [0.25, 0.3) is 0 Å². The molecule has 102 valence electrons. The number of aliphatic imine (C=N–C) groups is 1. The van der Waals surface area contributed by atoms with E-state index in [1.807, 2.05) is 10.3 Å². The second-order valence-corrected chi connectivity index (χ2v) is 4.85. The minimum atomic E-state index is -4.28. The van der Waals surface area contributed by atoms with Crippen LogP contribution >= 0.6 is 28.7 Å². The van der Waals surface area contributed by atoms with Gasteiger partial charge in [-0.05, 0) is 17.7 Å². The minimum absolute atomic E-state index is 0. The standard InChI is InChI=1S/C12H9F3N2S.BrH/c13-12(14,15)9-3-1-8(2-4-9)10-7-18-11-16-5-6-17(10)11;/h1-4,7H,5-6H2;1H. The Morgan fingerprint density at radius 2 is 1.84 bits per heavy atom. The molecule has 19 heavy (non-hydrogen) atoms. The van der Waals surface area contributed by atoms with Crippen LogP contribution in [-0.4, -0.2) is 23.2 Å². The lowest BCUT2D eigenvalue weighted by Crippen LogP contribution is -2.19. The van der Waals surface area contributed by atoms with E-state index < -0.39 is 11.7 Å². The molecule has 0 bridgehead atoms. The number of thioether (sulfide) groups is 1. The van der Waals surface area contributed by atoms with Crippen LogP contribution in [0.2, 0.25) is 0 Å². The molecule has 0 spiro atoms. The second-order valence-electron chi connectivity index (χ2n) is 4.01. The summed E-state index contributed by atoms with van der Waals surface area (Å²) in [7, 11) is 0. The maximum Gasteiger partial charge on any atom is 0.416 e. The van der Waals surface area contributed by atoms with Gasteiger partial charge in [-0.3, -0.25) is 4.99 Å². The third-order valence-corrected chi connectivity index (χ3v) is 3.78. The summed E-state index contributed by atoms with van der Waals surface area (Å²) in [6.45, 7) is 1.55. The van der Waals surface area contributed by atoms with Crippen molar-refractivity contribution in [1.29, 1.82) is 0 Å². The number of rotatable bonds is 1. The monoisotopic (exact) mass is 350 g/mol. The number of hydrogen-bond acceptors (Lipinski definition) is 3. The first-order chi connectivity index (χ1) is 8.55. The van der Waals surface area contributed by atoms with E-state index in [2.05, 4.69) is 4.99 Å². The number of alkyl halides is 3. The van der Waals surface area contributed by atoms with Crippen LogP contribution < -0.4 is 0 Å². The molecule has 0 radical (unpaired) electrons. The zero-order valence-corrected chi connectivity index (χ0v) is 12.2. The Morgan fingerprint density at radius 1 is 1.16 bits per heavy atom. The highest BCUT2D eigenvalue weighted by atomic mass is 79.9.